The van der Waals surface area contributed by atoms with Gasteiger partial charge in [-0.15, -0.1) is 0 Å². The molecule has 1 aromatic carbocycles. The Morgan fingerprint density at radius 2 is 2.00 bits per heavy atom. The molecule has 0 saturated carbocycles. The van der Waals surface area contributed by atoms with Crippen LogP contribution >= 0.6 is 15.9 Å². The van der Waals surface area contributed by atoms with Crippen LogP contribution in [-0.4, -0.2) is 4.98 Å². The minimum absolute atomic E-state index is 0.181. The second-order valence-corrected chi connectivity index (χ2v) is 3.94. The third kappa shape index (κ3) is 2.36. The molecule has 0 atom stereocenters. The highest BCUT2D eigenvalue weighted by Crippen LogP contribution is 2.24. The first kappa shape index (κ1) is 11.0. The largest absolute Gasteiger partial charge is 0.337 e. The van der Waals surface area contributed by atoms with Gasteiger partial charge in [0.1, 0.15) is 17.5 Å². The van der Waals surface area contributed by atoms with Crippen LogP contribution in [0.1, 0.15) is 0 Å². The van der Waals surface area contributed by atoms with Crippen molar-refractivity contribution in [1.82, 2.24) is 4.98 Å². The molecule has 5 heteroatoms. The fourth-order valence-corrected chi connectivity index (χ4v) is 1.55. The van der Waals surface area contributed by atoms with Gasteiger partial charge in [0.05, 0.1) is 10.2 Å². The van der Waals surface area contributed by atoms with E-state index in [4.69, 9.17) is 0 Å². The molecular formula is C11H7BrF2N2. The Bertz CT molecular complexity index is 517. The van der Waals surface area contributed by atoms with E-state index in [-0.39, 0.29) is 5.69 Å². The Hall–Kier alpha value is -1.49. The van der Waals surface area contributed by atoms with E-state index in [1.165, 1.54) is 12.1 Å². The van der Waals surface area contributed by atoms with Gasteiger partial charge in [0.15, 0.2) is 0 Å². The Kier molecular flexibility index (Phi) is 3.14. The van der Waals surface area contributed by atoms with Crippen LogP contribution < -0.4 is 5.32 Å². The second-order valence-electron chi connectivity index (χ2n) is 3.08. The molecule has 1 heterocycles. The predicted molar refractivity (Wildman–Crippen MR) is 61.6 cm³/mol. The average Bonchev–Trinajstić information content (AvgIpc) is 2.25. The van der Waals surface area contributed by atoms with Gasteiger partial charge in [-0.2, -0.15) is 0 Å². The lowest BCUT2D eigenvalue weighted by Gasteiger charge is -2.07. The normalized spacial score (nSPS) is 10.2. The zero-order valence-corrected chi connectivity index (χ0v) is 9.63. The van der Waals surface area contributed by atoms with Crippen molar-refractivity contribution in [2.45, 2.75) is 0 Å². The summed E-state index contributed by atoms with van der Waals surface area (Å²) in [6.45, 7) is 0. The lowest BCUT2D eigenvalue weighted by molar-refractivity contribution is 0.586. The van der Waals surface area contributed by atoms with E-state index in [1.54, 1.807) is 18.3 Å². The summed E-state index contributed by atoms with van der Waals surface area (Å²) in [5.41, 5.74) is 0.181. The number of aromatic nitrogens is 1. The maximum Gasteiger partial charge on any atom is 0.149 e. The Balaban J connectivity index is 2.31. The van der Waals surface area contributed by atoms with Crippen LogP contribution in [0.15, 0.2) is 41.0 Å². The standard InChI is InChI=1S/C11H7BrF2N2/c12-8-2-1-5-15-11(8)16-10-4-3-7(13)6-9(10)14/h1-6H,(H,15,16). The minimum Gasteiger partial charge on any atom is -0.337 e. The van der Waals surface area contributed by atoms with E-state index < -0.39 is 11.6 Å². The minimum atomic E-state index is -0.655. The van der Waals surface area contributed by atoms with Crippen molar-refractivity contribution in [3.05, 3.63) is 52.6 Å². The van der Waals surface area contributed by atoms with Crippen LogP contribution in [-0.2, 0) is 0 Å². The molecule has 0 saturated heterocycles. The van der Waals surface area contributed by atoms with Crippen molar-refractivity contribution in [3.63, 3.8) is 0 Å². The topological polar surface area (TPSA) is 24.9 Å². The molecule has 2 aromatic rings. The SMILES string of the molecule is Fc1ccc(Nc2ncccc2Br)c(F)c1. The first-order valence-electron chi connectivity index (χ1n) is 4.49. The smallest absolute Gasteiger partial charge is 0.149 e. The van der Waals surface area contributed by atoms with E-state index >= 15 is 0 Å². The first-order chi connectivity index (χ1) is 7.66. The molecule has 2 rings (SSSR count). The molecule has 1 N–H and O–H groups in total. The van der Waals surface area contributed by atoms with Gasteiger partial charge in [-0.25, -0.2) is 13.8 Å². The molecule has 0 fully saturated rings. The van der Waals surface area contributed by atoms with Crippen LogP contribution in [0.3, 0.4) is 0 Å². The van der Waals surface area contributed by atoms with Crippen LogP contribution in [0, 0.1) is 11.6 Å². The maximum absolute atomic E-state index is 13.3. The second kappa shape index (κ2) is 4.57. The number of rotatable bonds is 2. The van der Waals surface area contributed by atoms with Gasteiger partial charge in [0.2, 0.25) is 0 Å². The summed E-state index contributed by atoms with van der Waals surface area (Å²) in [5.74, 6) is -0.784. The van der Waals surface area contributed by atoms with Gasteiger partial charge in [-0.3, -0.25) is 0 Å². The highest BCUT2D eigenvalue weighted by Gasteiger charge is 2.06. The molecule has 0 aliphatic heterocycles. The maximum atomic E-state index is 13.3. The lowest BCUT2D eigenvalue weighted by atomic mass is 10.3. The van der Waals surface area contributed by atoms with E-state index in [0.29, 0.717) is 10.3 Å². The van der Waals surface area contributed by atoms with Crippen LogP contribution in [0.25, 0.3) is 0 Å². The third-order valence-corrected chi connectivity index (χ3v) is 2.58. The quantitative estimate of drug-likeness (QED) is 0.906. The molecule has 0 spiro atoms. The summed E-state index contributed by atoms with van der Waals surface area (Å²) in [6.07, 6.45) is 1.58. The summed E-state index contributed by atoms with van der Waals surface area (Å²) in [7, 11) is 0. The molecule has 2 nitrogen and oxygen atoms in total. The summed E-state index contributed by atoms with van der Waals surface area (Å²) in [5, 5.41) is 2.77. The van der Waals surface area contributed by atoms with Crippen molar-refractivity contribution in [2.75, 3.05) is 5.32 Å². The molecule has 0 amide bonds. The zero-order valence-electron chi connectivity index (χ0n) is 8.05. The lowest BCUT2D eigenvalue weighted by Crippen LogP contribution is -1.97. The Morgan fingerprint density at radius 1 is 1.19 bits per heavy atom. The monoisotopic (exact) mass is 284 g/mol. The number of hydrogen-bond donors (Lipinski definition) is 1. The van der Waals surface area contributed by atoms with Crippen LogP contribution in [0.4, 0.5) is 20.3 Å². The fraction of sp³-hybridized carbons (Fsp3) is 0. The molecule has 82 valence electrons. The van der Waals surface area contributed by atoms with E-state index in [0.717, 1.165) is 6.07 Å². The van der Waals surface area contributed by atoms with E-state index in [1.807, 2.05) is 0 Å². The van der Waals surface area contributed by atoms with Crippen molar-refractivity contribution in [2.24, 2.45) is 0 Å². The number of halogens is 3. The molecule has 0 aliphatic carbocycles. The molecular weight excluding hydrogens is 278 g/mol. The highest BCUT2D eigenvalue weighted by molar-refractivity contribution is 9.10. The molecule has 0 radical (unpaired) electrons. The predicted octanol–water partition coefficient (Wildman–Crippen LogP) is 3.87. The summed E-state index contributed by atoms with van der Waals surface area (Å²) >= 11 is 3.27. The fourth-order valence-electron chi connectivity index (χ4n) is 1.20. The van der Waals surface area contributed by atoms with Gasteiger partial charge >= 0.3 is 0 Å². The van der Waals surface area contributed by atoms with E-state index in [9.17, 15) is 8.78 Å². The van der Waals surface area contributed by atoms with Crippen LogP contribution in [0.5, 0.6) is 0 Å². The molecule has 0 unspecified atom stereocenters. The summed E-state index contributed by atoms with van der Waals surface area (Å²) in [6, 6.07) is 6.85. The molecule has 16 heavy (non-hydrogen) atoms. The van der Waals surface area contributed by atoms with E-state index in [2.05, 4.69) is 26.2 Å². The van der Waals surface area contributed by atoms with Crippen molar-refractivity contribution in [3.8, 4) is 0 Å². The van der Waals surface area contributed by atoms with Crippen LogP contribution in [0.2, 0.25) is 0 Å². The number of pyridine rings is 1. The highest BCUT2D eigenvalue weighted by atomic mass is 79.9. The first-order valence-corrected chi connectivity index (χ1v) is 5.29. The number of benzene rings is 1. The zero-order chi connectivity index (χ0) is 11.5. The number of nitrogens with zero attached hydrogens (tertiary/aromatic N) is 1. The van der Waals surface area contributed by atoms with Gasteiger partial charge in [0.25, 0.3) is 0 Å². The number of hydrogen-bond acceptors (Lipinski definition) is 2. The number of nitrogens with one attached hydrogen (secondary N) is 1. The van der Waals surface area contributed by atoms with Gasteiger partial charge in [-0.1, -0.05) is 0 Å². The summed E-state index contributed by atoms with van der Waals surface area (Å²) in [4.78, 5) is 4.02. The van der Waals surface area contributed by atoms with Crippen molar-refractivity contribution in [1.29, 1.82) is 0 Å². The Labute approximate surface area is 99.5 Å². The average molecular weight is 285 g/mol. The van der Waals surface area contributed by atoms with Gasteiger partial charge in [-0.05, 0) is 40.2 Å². The molecule has 0 aliphatic rings. The number of anilines is 2. The third-order valence-electron chi connectivity index (χ3n) is 1.94. The van der Waals surface area contributed by atoms with Crippen molar-refractivity contribution < 1.29 is 8.78 Å². The molecule has 1 aromatic heterocycles. The van der Waals surface area contributed by atoms with Gasteiger partial charge in [0, 0.05) is 12.3 Å². The van der Waals surface area contributed by atoms with Gasteiger partial charge < -0.3 is 5.32 Å². The van der Waals surface area contributed by atoms with Crippen molar-refractivity contribution >= 4 is 27.4 Å². The Morgan fingerprint density at radius 3 is 2.69 bits per heavy atom. The molecule has 0 bridgehead atoms. The summed E-state index contributed by atoms with van der Waals surface area (Å²) < 4.78 is 26.7.